The van der Waals surface area contributed by atoms with Crippen molar-refractivity contribution in [3.8, 4) is 17.1 Å². The molecule has 7 heteroatoms. The Kier molecular flexibility index (Phi) is 4.23. The number of benzene rings is 2. The summed E-state index contributed by atoms with van der Waals surface area (Å²) in [4.78, 5) is 4.47. The van der Waals surface area contributed by atoms with Crippen molar-refractivity contribution in [2.24, 2.45) is 0 Å². The summed E-state index contributed by atoms with van der Waals surface area (Å²) in [6.45, 7) is 2.01. The molecule has 1 aromatic heterocycles. The molecule has 1 unspecified atom stereocenters. The fourth-order valence-corrected chi connectivity index (χ4v) is 3.17. The fraction of sp³-hybridized carbons (Fsp3) is 0.167. The first-order valence-corrected chi connectivity index (χ1v) is 8.89. The van der Waals surface area contributed by atoms with Gasteiger partial charge in [-0.2, -0.15) is 4.98 Å². The van der Waals surface area contributed by atoms with Gasteiger partial charge >= 0.3 is 0 Å². The SMILES string of the molecule is CCSc1nnc2c(n1)OC(c1ccccc1F)Nc1ccccc1-2. The Hall–Kier alpha value is -2.67. The molecular formula is C18H15FN4OS. The minimum Gasteiger partial charge on any atom is -0.448 e. The van der Waals surface area contributed by atoms with Gasteiger partial charge in [0.25, 0.3) is 0 Å². The topological polar surface area (TPSA) is 59.9 Å². The molecule has 1 atom stereocenters. The van der Waals surface area contributed by atoms with Crippen molar-refractivity contribution < 1.29 is 9.13 Å². The van der Waals surface area contributed by atoms with Crippen LogP contribution in [0.1, 0.15) is 18.7 Å². The van der Waals surface area contributed by atoms with Gasteiger partial charge in [0.15, 0.2) is 5.69 Å². The number of para-hydroxylation sites is 1. The zero-order chi connectivity index (χ0) is 17.2. The summed E-state index contributed by atoms with van der Waals surface area (Å²) in [6, 6.07) is 14.2. The van der Waals surface area contributed by atoms with Crippen LogP contribution in [-0.4, -0.2) is 20.9 Å². The third-order valence-corrected chi connectivity index (χ3v) is 4.51. The second kappa shape index (κ2) is 6.68. The molecule has 2 heterocycles. The molecule has 0 amide bonds. The second-order valence-electron chi connectivity index (χ2n) is 5.39. The predicted octanol–water partition coefficient (Wildman–Crippen LogP) is 4.29. The normalized spacial score (nSPS) is 15.4. The highest BCUT2D eigenvalue weighted by Gasteiger charge is 2.27. The first kappa shape index (κ1) is 15.8. The van der Waals surface area contributed by atoms with Crippen LogP contribution >= 0.6 is 11.8 Å². The second-order valence-corrected chi connectivity index (χ2v) is 6.62. The lowest BCUT2D eigenvalue weighted by Crippen LogP contribution is -2.18. The number of thioether (sulfide) groups is 1. The van der Waals surface area contributed by atoms with Gasteiger partial charge in [0.05, 0.1) is 0 Å². The molecule has 0 saturated carbocycles. The van der Waals surface area contributed by atoms with Crippen molar-refractivity contribution in [2.75, 3.05) is 11.1 Å². The van der Waals surface area contributed by atoms with Crippen LogP contribution < -0.4 is 10.1 Å². The first-order valence-electron chi connectivity index (χ1n) is 7.91. The summed E-state index contributed by atoms with van der Waals surface area (Å²) in [5.74, 6) is 0.828. The maximum atomic E-state index is 14.3. The van der Waals surface area contributed by atoms with Gasteiger partial charge in [-0.25, -0.2) is 4.39 Å². The van der Waals surface area contributed by atoms with E-state index in [-0.39, 0.29) is 5.82 Å². The van der Waals surface area contributed by atoms with Gasteiger partial charge in [0.1, 0.15) is 5.82 Å². The molecule has 4 rings (SSSR count). The molecular weight excluding hydrogens is 339 g/mol. The molecule has 1 aliphatic heterocycles. The lowest BCUT2D eigenvalue weighted by molar-refractivity contribution is 0.220. The highest BCUT2D eigenvalue weighted by Crippen LogP contribution is 2.39. The lowest BCUT2D eigenvalue weighted by Gasteiger charge is -2.19. The number of aromatic nitrogens is 3. The average Bonchev–Trinajstić information content (AvgIpc) is 2.79. The van der Waals surface area contributed by atoms with Gasteiger partial charge in [0.2, 0.25) is 17.3 Å². The highest BCUT2D eigenvalue weighted by molar-refractivity contribution is 7.99. The van der Waals surface area contributed by atoms with Crippen molar-refractivity contribution in [2.45, 2.75) is 18.3 Å². The van der Waals surface area contributed by atoms with E-state index in [1.54, 1.807) is 18.2 Å². The van der Waals surface area contributed by atoms with Crippen molar-refractivity contribution in [3.63, 3.8) is 0 Å². The fourth-order valence-electron chi connectivity index (χ4n) is 2.67. The summed E-state index contributed by atoms with van der Waals surface area (Å²) in [5.41, 5.74) is 2.57. The van der Waals surface area contributed by atoms with E-state index in [4.69, 9.17) is 4.74 Å². The maximum absolute atomic E-state index is 14.3. The molecule has 0 bridgehead atoms. The average molecular weight is 354 g/mol. The first-order chi connectivity index (χ1) is 12.3. The van der Waals surface area contributed by atoms with Gasteiger partial charge in [-0.15, -0.1) is 10.2 Å². The van der Waals surface area contributed by atoms with Crippen LogP contribution in [-0.2, 0) is 0 Å². The summed E-state index contributed by atoms with van der Waals surface area (Å²) >= 11 is 1.48. The molecule has 2 aromatic carbocycles. The van der Waals surface area contributed by atoms with Gasteiger partial charge in [-0.05, 0) is 17.9 Å². The van der Waals surface area contributed by atoms with Gasteiger partial charge in [-0.3, -0.25) is 0 Å². The van der Waals surface area contributed by atoms with E-state index < -0.39 is 6.23 Å². The molecule has 1 N–H and O–H groups in total. The number of hydrogen-bond donors (Lipinski definition) is 1. The van der Waals surface area contributed by atoms with Crippen molar-refractivity contribution in [1.82, 2.24) is 15.2 Å². The van der Waals surface area contributed by atoms with Crippen LogP contribution in [0.15, 0.2) is 53.7 Å². The molecule has 25 heavy (non-hydrogen) atoms. The Morgan fingerprint density at radius 2 is 1.92 bits per heavy atom. The monoisotopic (exact) mass is 354 g/mol. The van der Waals surface area contributed by atoms with Crippen molar-refractivity contribution in [3.05, 3.63) is 59.9 Å². The van der Waals surface area contributed by atoms with E-state index in [0.29, 0.717) is 22.3 Å². The van der Waals surface area contributed by atoms with Crippen LogP contribution in [0.4, 0.5) is 10.1 Å². The van der Waals surface area contributed by atoms with E-state index >= 15 is 0 Å². The third kappa shape index (κ3) is 3.02. The van der Waals surface area contributed by atoms with E-state index in [9.17, 15) is 4.39 Å². The largest absolute Gasteiger partial charge is 0.448 e. The van der Waals surface area contributed by atoms with Crippen molar-refractivity contribution in [1.29, 1.82) is 0 Å². The number of rotatable bonds is 3. The molecule has 1 aliphatic rings. The molecule has 126 valence electrons. The van der Waals surface area contributed by atoms with E-state index in [1.807, 2.05) is 31.2 Å². The Bertz CT molecular complexity index is 921. The summed E-state index contributed by atoms with van der Waals surface area (Å²) in [5, 5.41) is 12.2. The Morgan fingerprint density at radius 3 is 2.76 bits per heavy atom. The smallest absolute Gasteiger partial charge is 0.247 e. The number of fused-ring (bicyclic) bond motifs is 3. The zero-order valence-corrected chi connectivity index (χ0v) is 14.3. The van der Waals surface area contributed by atoms with Gasteiger partial charge < -0.3 is 10.1 Å². The lowest BCUT2D eigenvalue weighted by atomic mass is 10.1. The van der Waals surface area contributed by atoms with Crippen LogP contribution in [0.2, 0.25) is 0 Å². The summed E-state index contributed by atoms with van der Waals surface area (Å²) < 4.78 is 20.3. The Labute approximate surface area is 148 Å². The van der Waals surface area contributed by atoms with Crippen molar-refractivity contribution >= 4 is 17.4 Å². The number of anilines is 1. The minimum atomic E-state index is -0.709. The Balaban J connectivity index is 1.85. The molecule has 0 radical (unpaired) electrons. The van der Waals surface area contributed by atoms with Crippen LogP contribution in [0.3, 0.4) is 0 Å². The van der Waals surface area contributed by atoms with Gasteiger partial charge in [0, 0.05) is 16.8 Å². The summed E-state index contributed by atoms with van der Waals surface area (Å²) in [6.07, 6.45) is -0.709. The quantitative estimate of drug-likeness (QED) is 0.708. The van der Waals surface area contributed by atoms with E-state index in [2.05, 4.69) is 20.5 Å². The standard InChI is InChI=1S/C18H15FN4OS/c1-2-25-18-21-17-15(22-23-18)12-8-4-6-10-14(12)20-16(24-17)11-7-3-5-9-13(11)19/h3-10,16,20H,2H2,1H3. The molecule has 0 aliphatic carbocycles. The van der Waals surface area contributed by atoms with Crippen LogP contribution in [0.5, 0.6) is 5.88 Å². The van der Waals surface area contributed by atoms with E-state index in [0.717, 1.165) is 17.0 Å². The third-order valence-electron chi connectivity index (χ3n) is 3.79. The number of nitrogens with zero attached hydrogens (tertiary/aromatic N) is 3. The predicted molar refractivity (Wildman–Crippen MR) is 95.1 cm³/mol. The molecule has 3 aromatic rings. The summed E-state index contributed by atoms with van der Waals surface area (Å²) in [7, 11) is 0. The molecule has 0 saturated heterocycles. The maximum Gasteiger partial charge on any atom is 0.247 e. The highest BCUT2D eigenvalue weighted by atomic mass is 32.2. The molecule has 0 spiro atoms. The number of hydrogen-bond acceptors (Lipinski definition) is 6. The molecule has 0 fully saturated rings. The molecule has 5 nitrogen and oxygen atoms in total. The van der Waals surface area contributed by atoms with Crippen LogP contribution in [0, 0.1) is 5.82 Å². The number of halogens is 1. The Morgan fingerprint density at radius 1 is 1.12 bits per heavy atom. The number of nitrogens with one attached hydrogen (secondary N) is 1. The zero-order valence-electron chi connectivity index (χ0n) is 13.4. The minimum absolute atomic E-state index is 0.342. The van der Waals surface area contributed by atoms with Crippen LogP contribution in [0.25, 0.3) is 11.3 Å². The van der Waals surface area contributed by atoms with Gasteiger partial charge in [-0.1, -0.05) is 55.1 Å². The number of ether oxygens (including phenoxy) is 1. The van der Waals surface area contributed by atoms with E-state index in [1.165, 1.54) is 17.8 Å².